The molecule has 116 valence electrons. The van der Waals surface area contributed by atoms with Crippen LogP contribution in [0.4, 0.5) is 5.69 Å². The fraction of sp³-hybridized carbons (Fsp3) is 0.588. The number of aliphatic hydroxyl groups is 1. The normalized spacial score (nSPS) is 21.0. The quantitative estimate of drug-likeness (QED) is 0.876. The molecular formula is C17H26N2O2. The molecule has 0 aromatic heterocycles. The number of anilines is 1. The lowest BCUT2D eigenvalue weighted by molar-refractivity contribution is -0.118. The van der Waals surface area contributed by atoms with E-state index < -0.39 is 0 Å². The fourth-order valence-corrected chi connectivity index (χ4v) is 3.02. The van der Waals surface area contributed by atoms with Gasteiger partial charge in [-0.25, -0.2) is 0 Å². The van der Waals surface area contributed by atoms with Crippen molar-refractivity contribution in [3.05, 3.63) is 29.8 Å². The highest BCUT2D eigenvalue weighted by Gasteiger charge is 2.25. The topological polar surface area (TPSA) is 52.6 Å². The Morgan fingerprint density at radius 2 is 2.19 bits per heavy atom. The molecular weight excluding hydrogens is 264 g/mol. The summed E-state index contributed by atoms with van der Waals surface area (Å²) < 4.78 is 0. The van der Waals surface area contributed by atoms with Gasteiger partial charge in [-0.1, -0.05) is 24.6 Å². The third kappa shape index (κ3) is 4.83. The summed E-state index contributed by atoms with van der Waals surface area (Å²) in [6.07, 6.45) is 3.83. The molecule has 1 aliphatic rings. The largest absolute Gasteiger partial charge is 0.393 e. The number of likely N-dealkylation sites (tertiary alicyclic amines) is 1. The molecule has 4 heteroatoms. The second-order valence-corrected chi connectivity index (χ2v) is 6.07. The molecule has 1 heterocycles. The maximum Gasteiger partial charge on any atom is 0.238 e. The Morgan fingerprint density at radius 3 is 2.90 bits per heavy atom. The second kappa shape index (κ2) is 7.57. The average molecular weight is 290 g/mol. The van der Waals surface area contributed by atoms with Crippen molar-refractivity contribution < 1.29 is 9.90 Å². The summed E-state index contributed by atoms with van der Waals surface area (Å²) in [7, 11) is 0. The monoisotopic (exact) mass is 290 g/mol. The van der Waals surface area contributed by atoms with Crippen molar-refractivity contribution in [1.82, 2.24) is 4.90 Å². The van der Waals surface area contributed by atoms with Gasteiger partial charge in [0.05, 0.1) is 12.6 Å². The van der Waals surface area contributed by atoms with Crippen molar-refractivity contribution in [2.24, 2.45) is 0 Å². The molecule has 1 aromatic carbocycles. The Balaban J connectivity index is 1.92. The number of aliphatic hydroxyl groups excluding tert-OH is 1. The number of nitrogens with zero attached hydrogens (tertiary/aromatic N) is 1. The molecule has 0 spiro atoms. The zero-order chi connectivity index (χ0) is 15.2. The number of hydrogen-bond donors (Lipinski definition) is 2. The third-order valence-corrected chi connectivity index (χ3v) is 4.13. The Morgan fingerprint density at radius 1 is 1.43 bits per heavy atom. The first kappa shape index (κ1) is 16.0. The Hall–Kier alpha value is -1.39. The van der Waals surface area contributed by atoms with Gasteiger partial charge in [0.25, 0.3) is 0 Å². The summed E-state index contributed by atoms with van der Waals surface area (Å²) >= 11 is 0. The van der Waals surface area contributed by atoms with Gasteiger partial charge in [-0.2, -0.15) is 0 Å². The predicted molar refractivity (Wildman–Crippen MR) is 85.3 cm³/mol. The van der Waals surface area contributed by atoms with Crippen molar-refractivity contribution in [2.45, 2.75) is 51.7 Å². The van der Waals surface area contributed by atoms with Crippen molar-refractivity contribution in [1.29, 1.82) is 0 Å². The van der Waals surface area contributed by atoms with Crippen LogP contribution >= 0.6 is 0 Å². The number of benzene rings is 1. The molecule has 0 saturated carbocycles. The molecule has 2 atom stereocenters. The van der Waals surface area contributed by atoms with Gasteiger partial charge in [0.1, 0.15) is 0 Å². The maximum atomic E-state index is 12.2. The van der Waals surface area contributed by atoms with Crippen molar-refractivity contribution in [3.63, 3.8) is 0 Å². The number of aryl methyl sites for hydroxylation is 1. The lowest BCUT2D eigenvalue weighted by Gasteiger charge is -2.35. The first-order valence-corrected chi connectivity index (χ1v) is 7.84. The van der Waals surface area contributed by atoms with Crippen molar-refractivity contribution in [3.8, 4) is 0 Å². The first-order chi connectivity index (χ1) is 10.1. The summed E-state index contributed by atoms with van der Waals surface area (Å²) in [6.45, 7) is 5.16. The van der Waals surface area contributed by atoms with Crippen molar-refractivity contribution in [2.75, 3.05) is 18.4 Å². The van der Waals surface area contributed by atoms with Gasteiger partial charge in [-0.05, 0) is 51.3 Å². The highest BCUT2D eigenvalue weighted by atomic mass is 16.3. The molecule has 1 aliphatic heterocycles. The van der Waals surface area contributed by atoms with Crippen LogP contribution in [0.25, 0.3) is 0 Å². The second-order valence-electron chi connectivity index (χ2n) is 6.07. The number of carbonyl (C=O) groups is 1. The van der Waals surface area contributed by atoms with E-state index in [9.17, 15) is 9.90 Å². The minimum atomic E-state index is -0.310. The maximum absolute atomic E-state index is 12.2. The Kier molecular flexibility index (Phi) is 5.76. The van der Waals surface area contributed by atoms with E-state index in [1.165, 1.54) is 6.42 Å². The van der Waals surface area contributed by atoms with E-state index in [1.807, 2.05) is 38.1 Å². The third-order valence-electron chi connectivity index (χ3n) is 4.13. The van der Waals surface area contributed by atoms with Gasteiger partial charge in [0, 0.05) is 11.7 Å². The van der Waals surface area contributed by atoms with E-state index in [0.717, 1.165) is 37.1 Å². The molecule has 1 aromatic rings. The van der Waals surface area contributed by atoms with E-state index in [1.54, 1.807) is 0 Å². The van der Waals surface area contributed by atoms with E-state index in [-0.39, 0.29) is 12.0 Å². The molecule has 0 radical (unpaired) electrons. The van der Waals surface area contributed by atoms with E-state index in [4.69, 9.17) is 0 Å². The summed E-state index contributed by atoms with van der Waals surface area (Å²) in [5.41, 5.74) is 1.96. The number of piperidine rings is 1. The molecule has 21 heavy (non-hydrogen) atoms. The van der Waals surface area contributed by atoms with Crippen LogP contribution < -0.4 is 5.32 Å². The van der Waals surface area contributed by atoms with Crippen LogP contribution in [-0.4, -0.2) is 41.1 Å². The van der Waals surface area contributed by atoms with Crippen molar-refractivity contribution >= 4 is 11.6 Å². The number of amides is 1. The molecule has 4 nitrogen and oxygen atoms in total. The lowest BCUT2D eigenvalue weighted by atomic mass is 9.97. The molecule has 0 aliphatic carbocycles. The molecule has 2 rings (SSSR count). The SMILES string of the molecule is Cc1ccccc1NC(=O)CN1CCCCC1CC(C)O. The number of rotatable bonds is 5. The summed E-state index contributed by atoms with van der Waals surface area (Å²) in [4.78, 5) is 14.5. The summed E-state index contributed by atoms with van der Waals surface area (Å²) in [5.74, 6) is 0.0294. The first-order valence-electron chi connectivity index (χ1n) is 7.84. The smallest absolute Gasteiger partial charge is 0.238 e. The van der Waals surface area contributed by atoms with E-state index >= 15 is 0 Å². The van der Waals surface area contributed by atoms with Gasteiger partial charge >= 0.3 is 0 Å². The molecule has 1 fully saturated rings. The Bertz CT molecular complexity index is 474. The number of nitrogens with one attached hydrogen (secondary N) is 1. The van der Waals surface area contributed by atoms with Gasteiger partial charge in [0.2, 0.25) is 5.91 Å². The van der Waals surface area contributed by atoms with Crippen LogP contribution in [0.2, 0.25) is 0 Å². The molecule has 1 amide bonds. The van der Waals surface area contributed by atoms with Crippen LogP contribution in [0.3, 0.4) is 0 Å². The molecule has 0 bridgehead atoms. The van der Waals surface area contributed by atoms with Gasteiger partial charge in [0.15, 0.2) is 0 Å². The fourth-order valence-electron chi connectivity index (χ4n) is 3.02. The van der Waals surface area contributed by atoms with Gasteiger partial charge < -0.3 is 10.4 Å². The lowest BCUT2D eigenvalue weighted by Crippen LogP contribution is -2.45. The molecule has 1 saturated heterocycles. The minimum Gasteiger partial charge on any atom is -0.393 e. The zero-order valence-corrected chi connectivity index (χ0v) is 13.0. The van der Waals surface area contributed by atoms with Crippen LogP contribution in [0.5, 0.6) is 0 Å². The van der Waals surface area contributed by atoms with Crippen LogP contribution in [0, 0.1) is 6.92 Å². The highest BCUT2D eigenvalue weighted by molar-refractivity contribution is 5.92. The van der Waals surface area contributed by atoms with Gasteiger partial charge in [-0.3, -0.25) is 9.69 Å². The van der Waals surface area contributed by atoms with E-state index in [0.29, 0.717) is 12.6 Å². The van der Waals surface area contributed by atoms with Crippen LogP contribution in [0.1, 0.15) is 38.2 Å². The number of carbonyl (C=O) groups excluding carboxylic acids is 1. The minimum absolute atomic E-state index is 0.0294. The molecule has 2 N–H and O–H groups in total. The highest BCUT2D eigenvalue weighted by Crippen LogP contribution is 2.21. The Labute approximate surface area is 127 Å². The summed E-state index contributed by atoms with van der Waals surface area (Å²) in [5, 5.41) is 12.6. The molecule has 2 unspecified atom stereocenters. The number of hydrogen-bond acceptors (Lipinski definition) is 3. The average Bonchev–Trinajstić information content (AvgIpc) is 2.43. The van der Waals surface area contributed by atoms with E-state index in [2.05, 4.69) is 10.2 Å². The number of para-hydroxylation sites is 1. The predicted octanol–water partition coefficient (Wildman–Crippen LogP) is 2.56. The standard InChI is InChI=1S/C17H26N2O2/c1-13-7-3-4-9-16(13)18-17(21)12-19-10-6-5-8-15(19)11-14(2)20/h3-4,7,9,14-15,20H,5-6,8,10-12H2,1-2H3,(H,18,21). The summed E-state index contributed by atoms with van der Waals surface area (Å²) in [6, 6.07) is 8.14. The van der Waals surface area contributed by atoms with Crippen LogP contribution in [0.15, 0.2) is 24.3 Å². The van der Waals surface area contributed by atoms with Gasteiger partial charge in [-0.15, -0.1) is 0 Å². The zero-order valence-electron chi connectivity index (χ0n) is 13.0. The van der Waals surface area contributed by atoms with Crippen LogP contribution in [-0.2, 0) is 4.79 Å².